The molecular formula is C14H17ClN2O. The molecule has 3 nitrogen and oxygen atoms in total. The van der Waals surface area contributed by atoms with Gasteiger partial charge in [-0.1, -0.05) is 17.7 Å². The van der Waals surface area contributed by atoms with Crippen molar-refractivity contribution in [3.05, 3.63) is 34.3 Å². The Balaban J connectivity index is 1.83. The molecule has 2 heterocycles. The van der Waals surface area contributed by atoms with Gasteiger partial charge in [0.2, 0.25) is 5.91 Å². The number of rotatable bonds is 1. The Morgan fingerprint density at radius 1 is 1.39 bits per heavy atom. The molecule has 1 aromatic carbocycles. The minimum absolute atomic E-state index is 0.174. The zero-order valence-corrected chi connectivity index (χ0v) is 11.2. The van der Waals surface area contributed by atoms with Gasteiger partial charge in [-0.25, -0.2) is 0 Å². The van der Waals surface area contributed by atoms with E-state index in [1.54, 1.807) is 0 Å². The number of amides is 1. The van der Waals surface area contributed by atoms with Crippen molar-refractivity contribution in [2.45, 2.75) is 25.9 Å². The molecule has 4 heteroatoms. The lowest BCUT2D eigenvalue weighted by atomic mass is 9.92. The second-order valence-corrected chi connectivity index (χ2v) is 5.72. The van der Waals surface area contributed by atoms with Crippen LogP contribution in [0.25, 0.3) is 0 Å². The summed E-state index contributed by atoms with van der Waals surface area (Å²) in [5.74, 6) is 0.458. The van der Waals surface area contributed by atoms with E-state index in [9.17, 15) is 4.79 Å². The third kappa shape index (κ3) is 2.02. The van der Waals surface area contributed by atoms with Gasteiger partial charge < -0.3 is 10.2 Å². The highest BCUT2D eigenvalue weighted by Crippen LogP contribution is 2.27. The molecule has 3 rings (SSSR count). The van der Waals surface area contributed by atoms with Crippen molar-refractivity contribution in [2.75, 3.05) is 13.1 Å². The van der Waals surface area contributed by atoms with Crippen LogP contribution in [0.5, 0.6) is 0 Å². The minimum Gasteiger partial charge on any atom is -0.335 e. The fraction of sp³-hybridized carbons (Fsp3) is 0.500. The number of benzene rings is 1. The molecule has 2 aliphatic heterocycles. The standard InChI is InChI=1S/C14H17ClN2O/c1-9-4-10-2-3-13(15)5-11(10)8-17(9)14(18)12-6-16-7-12/h2-3,5,9,12,16H,4,6-8H2,1H3. The molecular weight excluding hydrogens is 248 g/mol. The van der Waals surface area contributed by atoms with Crippen LogP contribution in [0.2, 0.25) is 5.02 Å². The highest BCUT2D eigenvalue weighted by atomic mass is 35.5. The normalized spacial score (nSPS) is 23.4. The monoisotopic (exact) mass is 264 g/mol. The van der Waals surface area contributed by atoms with E-state index in [0.717, 1.165) is 24.5 Å². The van der Waals surface area contributed by atoms with Crippen molar-refractivity contribution in [3.8, 4) is 0 Å². The average molecular weight is 265 g/mol. The molecule has 1 aromatic rings. The van der Waals surface area contributed by atoms with Crippen molar-refractivity contribution < 1.29 is 4.79 Å². The third-order valence-corrected chi connectivity index (χ3v) is 4.21. The van der Waals surface area contributed by atoms with Crippen LogP contribution in [0.15, 0.2) is 18.2 Å². The van der Waals surface area contributed by atoms with E-state index in [-0.39, 0.29) is 17.9 Å². The van der Waals surface area contributed by atoms with Crippen LogP contribution in [-0.2, 0) is 17.8 Å². The van der Waals surface area contributed by atoms with Crippen LogP contribution in [0.1, 0.15) is 18.1 Å². The number of nitrogens with zero attached hydrogens (tertiary/aromatic N) is 1. The topological polar surface area (TPSA) is 32.3 Å². The Morgan fingerprint density at radius 3 is 2.83 bits per heavy atom. The summed E-state index contributed by atoms with van der Waals surface area (Å²) in [7, 11) is 0. The molecule has 0 aliphatic carbocycles. The molecule has 2 aliphatic rings. The fourth-order valence-electron chi connectivity index (χ4n) is 2.70. The molecule has 1 atom stereocenters. The van der Waals surface area contributed by atoms with E-state index < -0.39 is 0 Å². The molecule has 18 heavy (non-hydrogen) atoms. The maximum Gasteiger partial charge on any atom is 0.228 e. The van der Waals surface area contributed by atoms with E-state index in [4.69, 9.17) is 11.6 Å². The molecule has 0 spiro atoms. The van der Waals surface area contributed by atoms with Crippen molar-refractivity contribution in [2.24, 2.45) is 5.92 Å². The quantitative estimate of drug-likeness (QED) is 0.839. The first-order chi connectivity index (χ1) is 8.65. The summed E-state index contributed by atoms with van der Waals surface area (Å²) in [5, 5.41) is 3.91. The Hall–Kier alpha value is -1.06. The average Bonchev–Trinajstić information content (AvgIpc) is 2.26. The van der Waals surface area contributed by atoms with Crippen molar-refractivity contribution in [3.63, 3.8) is 0 Å². The van der Waals surface area contributed by atoms with Gasteiger partial charge in [0.05, 0.1) is 5.92 Å². The van der Waals surface area contributed by atoms with E-state index in [1.165, 1.54) is 11.1 Å². The zero-order chi connectivity index (χ0) is 12.7. The predicted molar refractivity (Wildman–Crippen MR) is 71.5 cm³/mol. The third-order valence-electron chi connectivity index (χ3n) is 3.97. The molecule has 0 aromatic heterocycles. The number of carbonyl (C=O) groups excluding carboxylic acids is 1. The number of fused-ring (bicyclic) bond motifs is 1. The molecule has 0 bridgehead atoms. The Kier molecular flexibility index (Phi) is 3.04. The van der Waals surface area contributed by atoms with Crippen LogP contribution >= 0.6 is 11.6 Å². The number of hydrogen-bond acceptors (Lipinski definition) is 2. The van der Waals surface area contributed by atoms with Gasteiger partial charge in [-0.15, -0.1) is 0 Å². The molecule has 96 valence electrons. The molecule has 0 saturated carbocycles. The van der Waals surface area contributed by atoms with Crippen molar-refractivity contribution >= 4 is 17.5 Å². The summed E-state index contributed by atoms with van der Waals surface area (Å²) < 4.78 is 0. The van der Waals surface area contributed by atoms with E-state index in [2.05, 4.69) is 18.3 Å². The smallest absolute Gasteiger partial charge is 0.228 e. The zero-order valence-electron chi connectivity index (χ0n) is 10.4. The maximum atomic E-state index is 12.3. The van der Waals surface area contributed by atoms with E-state index in [0.29, 0.717) is 6.54 Å². The summed E-state index contributed by atoms with van der Waals surface area (Å²) >= 11 is 6.03. The SMILES string of the molecule is CC1Cc2ccc(Cl)cc2CN1C(=O)C1CNC1. The Morgan fingerprint density at radius 2 is 2.17 bits per heavy atom. The number of hydrogen-bond donors (Lipinski definition) is 1. The minimum atomic E-state index is 0.174. The predicted octanol–water partition coefficient (Wildman–Crippen LogP) is 1.83. The van der Waals surface area contributed by atoms with Gasteiger partial charge in [0, 0.05) is 30.7 Å². The molecule has 1 amide bonds. The molecule has 1 saturated heterocycles. The summed E-state index contributed by atoms with van der Waals surface area (Å²) in [4.78, 5) is 14.3. The Labute approximate surface area is 112 Å². The van der Waals surface area contributed by atoms with Crippen LogP contribution in [0.4, 0.5) is 0 Å². The lowest BCUT2D eigenvalue weighted by molar-refractivity contribution is -0.140. The van der Waals surface area contributed by atoms with Crippen LogP contribution < -0.4 is 5.32 Å². The first kappa shape index (κ1) is 12.0. The van der Waals surface area contributed by atoms with Crippen LogP contribution in [0, 0.1) is 5.92 Å². The highest BCUT2D eigenvalue weighted by Gasteiger charge is 2.34. The van der Waals surface area contributed by atoms with Crippen molar-refractivity contribution in [1.29, 1.82) is 0 Å². The van der Waals surface area contributed by atoms with E-state index in [1.807, 2.05) is 17.0 Å². The molecule has 0 radical (unpaired) electrons. The van der Waals surface area contributed by atoms with Gasteiger partial charge in [0.15, 0.2) is 0 Å². The second-order valence-electron chi connectivity index (χ2n) is 5.29. The second kappa shape index (κ2) is 4.56. The maximum absolute atomic E-state index is 12.3. The van der Waals surface area contributed by atoms with Gasteiger partial charge in [0.25, 0.3) is 0 Å². The lowest BCUT2D eigenvalue weighted by Crippen LogP contribution is -2.54. The van der Waals surface area contributed by atoms with Crippen LogP contribution in [0.3, 0.4) is 0 Å². The number of carbonyl (C=O) groups is 1. The van der Waals surface area contributed by atoms with Crippen LogP contribution in [-0.4, -0.2) is 29.9 Å². The van der Waals surface area contributed by atoms with Crippen molar-refractivity contribution in [1.82, 2.24) is 10.2 Å². The van der Waals surface area contributed by atoms with Gasteiger partial charge >= 0.3 is 0 Å². The Bertz CT molecular complexity index is 485. The lowest BCUT2D eigenvalue weighted by Gasteiger charge is -2.39. The number of halogens is 1. The van der Waals surface area contributed by atoms with Gasteiger partial charge in [-0.05, 0) is 36.6 Å². The number of nitrogens with one attached hydrogen (secondary N) is 1. The molecule has 1 N–H and O–H groups in total. The highest BCUT2D eigenvalue weighted by molar-refractivity contribution is 6.30. The fourth-order valence-corrected chi connectivity index (χ4v) is 2.90. The molecule has 1 unspecified atom stereocenters. The van der Waals surface area contributed by atoms with Gasteiger partial charge in [0.1, 0.15) is 0 Å². The molecule has 1 fully saturated rings. The van der Waals surface area contributed by atoms with Gasteiger partial charge in [-0.3, -0.25) is 4.79 Å². The first-order valence-electron chi connectivity index (χ1n) is 6.43. The summed E-state index contributed by atoms with van der Waals surface area (Å²) in [6.45, 7) is 4.48. The summed E-state index contributed by atoms with van der Waals surface area (Å²) in [6.07, 6.45) is 0.929. The van der Waals surface area contributed by atoms with E-state index >= 15 is 0 Å². The summed E-state index contributed by atoms with van der Waals surface area (Å²) in [5.41, 5.74) is 2.52. The first-order valence-corrected chi connectivity index (χ1v) is 6.81. The summed E-state index contributed by atoms with van der Waals surface area (Å²) in [6, 6.07) is 6.29. The van der Waals surface area contributed by atoms with Gasteiger partial charge in [-0.2, -0.15) is 0 Å². The largest absolute Gasteiger partial charge is 0.335 e.